The fraction of sp³-hybridized carbons (Fsp3) is 0.983. The third-order valence-corrected chi connectivity index (χ3v) is 14.4. The van der Waals surface area contributed by atoms with Crippen LogP contribution in [-0.4, -0.2) is 34.9 Å². The molecule has 0 radical (unpaired) electrons. The maximum Gasteiger partial charge on any atom is 0.220 e. The number of carbonyl (C=O) groups is 1. The van der Waals surface area contributed by atoms with Crippen LogP contribution < -0.4 is 5.32 Å². The summed E-state index contributed by atoms with van der Waals surface area (Å²) in [6.45, 7) is 4.41. The summed E-state index contributed by atoms with van der Waals surface area (Å²) in [7, 11) is 0. The van der Waals surface area contributed by atoms with E-state index in [4.69, 9.17) is 0 Å². The molecule has 2 unspecified atom stereocenters. The second-order valence-corrected chi connectivity index (χ2v) is 20.8. The van der Waals surface area contributed by atoms with Crippen molar-refractivity contribution in [1.82, 2.24) is 5.32 Å². The molecule has 0 aliphatic heterocycles. The van der Waals surface area contributed by atoms with Gasteiger partial charge in [-0.2, -0.15) is 0 Å². The molecule has 0 aromatic carbocycles. The number of unbranched alkanes of at least 4 members (excludes halogenated alkanes) is 49. The highest BCUT2D eigenvalue weighted by atomic mass is 16.3. The topological polar surface area (TPSA) is 69.6 Å². The average Bonchev–Trinajstić information content (AvgIpc) is 3.29. The zero-order valence-electron chi connectivity index (χ0n) is 43.6. The van der Waals surface area contributed by atoms with E-state index in [-0.39, 0.29) is 12.5 Å². The number of aliphatic hydroxyl groups excluding tert-OH is 2. The molecule has 2 atom stereocenters. The largest absolute Gasteiger partial charge is 0.394 e. The van der Waals surface area contributed by atoms with Gasteiger partial charge in [0.15, 0.2) is 0 Å². The van der Waals surface area contributed by atoms with Crippen LogP contribution in [0.2, 0.25) is 0 Å². The molecular weight excluding hydrogens is 771 g/mol. The van der Waals surface area contributed by atoms with Crippen LogP contribution in [0.15, 0.2) is 0 Å². The van der Waals surface area contributed by atoms with Crippen molar-refractivity contribution in [3.8, 4) is 0 Å². The maximum absolute atomic E-state index is 12.5. The summed E-state index contributed by atoms with van der Waals surface area (Å²) >= 11 is 0. The highest BCUT2D eigenvalue weighted by Crippen LogP contribution is 2.19. The number of carbonyl (C=O) groups excluding carboxylic acids is 1. The number of nitrogens with one attached hydrogen (secondary N) is 1. The molecular formula is C59H119NO3. The van der Waals surface area contributed by atoms with Gasteiger partial charge >= 0.3 is 0 Å². The third-order valence-electron chi connectivity index (χ3n) is 14.4. The molecule has 0 aromatic rings. The predicted octanol–water partition coefficient (Wildman–Crippen LogP) is 19.5. The number of hydrogen-bond acceptors (Lipinski definition) is 3. The number of hydrogen-bond donors (Lipinski definition) is 3. The van der Waals surface area contributed by atoms with Crippen LogP contribution in [0.1, 0.15) is 354 Å². The highest BCUT2D eigenvalue weighted by molar-refractivity contribution is 5.76. The second-order valence-electron chi connectivity index (χ2n) is 20.8. The minimum Gasteiger partial charge on any atom is -0.394 e. The lowest BCUT2D eigenvalue weighted by Crippen LogP contribution is -2.45. The van der Waals surface area contributed by atoms with E-state index in [9.17, 15) is 15.0 Å². The second kappa shape index (κ2) is 55.7. The molecule has 0 spiro atoms. The van der Waals surface area contributed by atoms with Crippen molar-refractivity contribution in [2.75, 3.05) is 6.61 Å². The quantitative estimate of drug-likeness (QED) is 0.0533. The predicted molar refractivity (Wildman–Crippen MR) is 281 cm³/mol. The molecule has 0 saturated heterocycles. The molecule has 0 heterocycles. The Labute approximate surface area is 397 Å². The smallest absolute Gasteiger partial charge is 0.220 e. The van der Waals surface area contributed by atoms with Crippen LogP contribution in [0.5, 0.6) is 0 Å². The summed E-state index contributed by atoms with van der Waals surface area (Å²) < 4.78 is 0. The number of aliphatic hydroxyl groups is 2. The van der Waals surface area contributed by atoms with Crippen molar-refractivity contribution in [3.63, 3.8) is 0 Å². The minimum atomic E-state index is -0.655. The van der Waals surface area contributed by atoms with Crippen molar-refractivity contribution < 1.29 is 15.0 Å². The van der Waals surface area contributed by atoms with Gasteiger partial charge in [-0.05, 0) is 12.8 Å². The van der Waals surface area contributed by atoms with Crippen molar-refractivity contribution in [2.45, 2.75) is 366 Å². The van der Waals surface area contributed by atoms with Crippen LogP contribution in [0, 0.1) is 0 Å². The number of rotatable bonds is 56. The van der Waals surface area contributed by atoms with E-state index in [2.05, 4.69) is 19.2 Å². The SMILES string of the molecule is CCCCCCCCCCCCCCCCCCCCCCCCCCCCCCCC(O)C(CO)NC(=O)CCCCCCCCCCCCCCCCCCCCCCCC. The Morgan fingerprint density at radius 3 is 0.714 bits per heavy atom. The number of amides is 1. The fourth-order valence-corrected chi connectivity index (χ4v) is 9.84. The Balaban J connectivity index is 3.38. The Morgan fingerprint density at radius 2 is 0.508 bits per heavy atom. The summed E-state index contributed by atoms with van der Waals surface area (Å²) in [5, 5.41) is 23.4. The summed E-state index contributed by atoms with van der Waals surface area (Å²) in [5.41, 5.74) is 0. The fourth-order valence-electron chi connectivity index (χ4n) is 9.84. The van der Waals surface area contributed by atoms with Crippen LogP contribution in [0.3, 0.4) is 0 Å². The molecule has 378 valence electrons. The lowest BCUT2D eigenvalue weighted by Gasteiger charge is -2.22. The zero-order chi connectivity index (χ0) is 45.6. The van der Waals surface area contributed by atoms with Gasteiger partial charge in [-0.1, -0.05) is 335 Å². The van der Waals surface area contributed by atoms with E-state index in [1.165, 1.54) is 302 Å². The van der Waals surface area contributed by atoms with Gasteiger partial charge in [0.1, 0.15) is 0 Å². The lowest BCUT2D eigenvalue weighted by molar-refractivity contribution is -0.123. The molecule has 4 heteroatoms. The Kier molecular flexibility index (Phi) is 55.2. The average molecular weight is 891 g/mol. The van der Waals surface area contributed by atoms with Crippen molar-refractivity contribution >= 4 is 5.91 Å². The normalized spacial score (nSPS) is 12.6. The van der Waals surface area contributed by atoms with Crippen molar-refractivity contribution in [2.24, 2.45) is 0 Å². The molecule has 0 bridgehead atoms. The standard InChI is InChI=1S/C59H119NO3/c1-3-5-7-9-11-13-15-17-19-21-23-25-27-28-29-30-31-32-33-34-36-38-40-42-44-46-48-50-52-54-58(62)57(56-61)60-59(63)55-53-51-49-47-45-43-41-39-37-35-26-24-22-20-18-16-14-12-10-8-6-4-2/h57-58,61-62H,3-56H2,1-2H3,(H,60,63). The molecule has 4 nitrogen and oxygen atoms in total. The molecule has 0 saturated carbocycles. The van der Waals surface area contributed by atoms with E-state index in [1.54, 1.807) is 0 Å². The molecule has 1 amide bonds. The van der Waals surface area contributed by atoms with Gasteiger partial charge in [-0.25, -0.2) is 0 Å². The molecule has 0 aromatic heterocycles. The van der Waals surface area contributed by atoms with E-state index >= 15 is 0 Å². The summed E-state index contributed by atoms with van der Waals surface area (Å²) in [6, 6.07) is -0.531. The van der Waals surface area contributed by atoms with E-state index in [1.807, 2.05) is 0 Å². The maximum atomic E-state index is 12.5. The van der Waals surface area contributed by atoms with Gasteiger partial charge in [0, 0.05) is 6.42 Å². The van der Waals surface area contributed by atoms with Gasteiger partial charge in [-0.15, -0.1) is 0 Å². The molecule has 0 aliphatic rings. The van der Waals surface area contributed by atoms with Gasteiger partial charge in [-0.3, -0.25) is 4.79 Å². The molecule has 63 heavy (non-hydrogen) atoms. The van der Waals surface area contributed by atoms with Gasteiger partial charge < -0.3 is 15.5 Å². The van der Waals surface area contributed by atoms with Gasteiger partial charge in [0.05, 0.1) is 18.8 Å². The Morgan fingerprint density at radius 1 is 0.317 bits per heavy atom. The minimum absolute atomic E-state index is 0.0214. The summed E-state index contributed by atoms with van der Waals surface area (Å²) in [6.07, 6.45) is 71.1. The van der Waals surface area contributed by atoms with E-state index < -0.39 is 12.1 Å². The first-order valence-corrected chi connectivity index (χ1v) is 29.7. The lowest BCUT2D eigenvalue weighted by atomic mass is 10.0. The molecule has 0 fully saturated rings. The van der Waals surface area contributed by atoms with Crippen LogP contribution in [-0.2, 0) is 4.79 Å². The molecule has 3 N–H and O–H groups in total. The molecule has 0 aliphatic carbocycles. The highest BCUT2D eigenvalue weighted by Gasteiger charge is 2.20. The van der Waals surface area contributed by atoms with Crippen LogP contribution in [0.25, 0.3) is 0 Å². The molecule has 0 rings (SSSR count). The zero-order valence-corrected chi connectivity index (χ0v) is 43.6. The van der Waals surface area contributed by atoms with Gasteiger partial charge in [0.25, 0.3) is 0 Å². The van der Waals surface area contributed by atoms with E-state index in [0.29, 0.717) is 12.8 Å². The first-order valence-electron chi connectivity index (χ1n) is 29.7. The van der Waals surface area contributed by atoms with Crippen LogP contribution in [0.4, 0.5) is 0 Å². The van der Waals surface area contributed by atoms with Gasteiger partial charge in [0.2, 0.25) is 5.91 Å². The Bertz CT molecular complexity index is 834. The summed E-state index contributed by atoms with van der Waals surface area (Å²) in [4.78, 5) is 12.5. The van der Waals surface area contributed by atoms with Crippen molar-refractivity contribution in [1.29, 1.82) is 0 Å². The third kappa shape index (κ3) is 52.2. The van der Waals surface area contributed by atoms with Crippen molar-refractivity contribution in [3.05, 3.63) is 0 Å². The Hall–Kier alpha value is -0.610. The summed E-state index contributed by atoms with van der Waals surface area (Å²) in [5.74, 6) is -0.0214. The monoisotopic (exact) mass is 890 g/mol. The first-order chi connectivity index (χ1) is 31.2. The van der Waals surface area contributed by atoms with E-state index in [0.717, 1.165) is 25.7 Å². The van der Waals surface area contributed by atoms with Crippen LogP contribution >= 0.6 is 0 Å². The first kappa shape index (κ1) is 62.4.